The Morgan fingerprint density at radius 2 is 2.15 bits per heavy atom. The largest absolute Gasteiger partial charge is 0.476 e. The molecule has 0 aliphatic carbocycles. The molecule has 146 valence electrons. The van der Waals surface area contributed by atoms with Crippen molar-refractivity contribution >= 4 is 28.1 Å². The van der Waals surface area contributed by atoms with Crippen LogP contribution in [0.5, 0.6) is 5.88 Å². The van der Waals surface area contributed by atoms with Crippen LogP contribution >= 0.6 is 11.5 Å². The number of amides is 1. The highest BCUT2D eigenvalue weighted by Crippen LogP contribution is 2.27. The summed E-state index contributed by atoms with van der Waals surface area (Å²) in [7, 11) is 0. The van der Waals surface area contributed by atoms with Crippen LogP contribution in [0.2, 0.25) is 0 Å². The van der Waals surface area contributed by atoms with Crippen molar-refractivity contribution in [2.75, 3.05) is 37.3 Å². The smallest absolute Gasteiger partial charge is 0.260 e. The molecule has 3 heterocycles. The molecule has 0 atom stereocenters. The van der Waals surface area contributed by atoms with Gasteiger partial charge >= 0.3 is 0 Å². The average Bonchev–Trinajstić information content (AvgIpc) is 2.96. The molecule has 27 heavy (non-hydrogen) atoms. The van der Waals surface area contributed by atoms with Gasteiger partial charge in [0.15, 0.2) is 0 Å². The molecule has 1 aliphatic rings. The Kier molecular flexibility index (Phi) is 5.85. The Morgan fingerprint density at radius 1 is 1.41 bits per heavy atom. The summed E-state index contributed by atoms with van der Waals surface area (Å²) in [5, 5.41) is 3.09. The molecule has 2 aromatic rings. The van der Waals surface area contributed by atoms with Crippen LogP contribution in [-0.2, 0) is 0 Å². The highest BCUT2D eigenvalue weighted by atomic mass is 32.1. The van der Waals surface area contributed by atoms with Crippen molar-refractivity contribution in [2.24, 2.45) is 0 Å². The third-order valence-corrected chi connectivity index (χ3v) is 5.12. The summed E-state index contributed by atoms with van der Waals surface area (Å²) >= 11 is 1.08. The third-order valence-electron chi connectivity index (χ3n) is 4.36. The van der Waals surface area contributed by atoms with E-state index in [1.807, 2.05) is 4.90 Å². The van der Waals surface area contributed by atoms with Gasteiger partial charge in [0.05, 0.1) is 23.1 Å². The molecule has 1 amide bonds. The van der Waals surface area contributed by atoms with E-state index < -0.39 is 5.92 Å². The Bertz CT molecular complexity index is 768. The number of aryl methyl sites for hydroxylation is 1. The van der Waals surface area contributed by atoms with E-state index in [4.69, 9.17) is 10.5 Å². The summed E-state index contributed by atoms with van der Waals surface area (Å²) in [5.74, 6) is -2.47. The molecule has 0 radical (unpaired) electrons. The number of nitrogens with zero attached hydrogens (tertiary/aromatic N) is 3. The van der Waals surface area contributed by atoms with Crippen LogP contribution in [0.1, 0.15) is 28.9 Å². The Balaban J connectivity index is 1.46. The zero-order chi connectivity index (χ0) is 19.4. The Morgan fingerprint density at radius 3 is 2.74 bits per heavy atom. The van der Waals surface area contributed by atoms with Gasteiger partial charge in [-0.3, -0.25) is 9.69 Å². The number of hydrogen-bond donors (Lipinski definition) is 2. The minimum atomic E-state index is -2.54. The summed E-state index contributed by atoms with van der Waals surface area (Å²) < 4.78 is 35.8. The van der Waals surface area contributed by atoms with Crippen LogP contribution in [0, 0.1) is 6.92 Å². The molecule has 0 saturated carbocycles. The van der Waals surface area contributed by atoms with E-state index in [2.05, 4.69) is 14.7 Å². The van der Waals surface area contributed by atoms with E-state index in [1.54, 1.807) is 19.1 Å². The second-order valence-electron chi connectivity index (χ2n) is 6.39. The number of ether oxygens (including phenoxy) is 1. The van der Waals surface area contributed by atoms with Gasteiger partial charge in [-0.2, -0.15) is 4.37 Å². The maximum atomic E-state index is 13.1. The fourth-order valence-electron chi connectivity index (χ4n) is 2.78. The molecule has 3 N–H and O–H groups in total. The van der Waals surface area contributed by atoms with Crippen molar-refractivity contribution in [3.05, 3.63) is 29.6 Å². The molecule has 7 nitrogen and oxygen atoms in total. The number of likely N-dealkylation sites (tertiary alicyclic amines) is 1. The summed E-state index contributed by atoms with van der Waals surface area (Å²) in [6.45, 7) is 3.39. The fourth-order valence-corrected chi connectivity index (χ4v) is 3.44. The summed E-state index contributed by atoms with van der Waals surface area (Å²) in [4.78, 5) is 18.3. The number of nitrogens with two attached hydrogens (primary N) is 1. The van der Waals surface area contributed by atoms with Gasteiger partial charge in [0.25, 0.3) is 11.8 Å². The van der Waals surface area contributed by atoms with Crippen LogP contribution in [-0.4, -0.2) is 52.3 Å². The highest BCUT2D eigenvalue weighted by molar-refractivity contribution is 7.10. The second-order valence-corrected chi connectivity index (χ2v) is 7.20. The normalized spacial score (nSPS) is 16.9. The highest BCUT2D eigenvalue weighted by Gasteiger charge is 2.33. The van der Waals surface area contributed by atoms with Gasteiger partial charge < -0.3 is 15.8 Å². The molecule has 1 saturated heterocycles. The Labute approximate surface area is 159 Å². The van der Waals surface area contributed by atoms with Gasteiger partial charge in [0, 0.05) is 38.5 Å². The van der Waals surface area contributed by atoms with Crippen LogP contribution in [0.4, 0.5) is 19.5 Å². The number of aromatic nitrogens is 2. The zero-order valence-corrected chi connectivity index (χ0v) is 15.7. The van der Waals surface area contributed by atoms with Crippen molar-refractivity contribution in [1.29, 1.82) is 0 Å². The van der Waals surface area contributed by atoms with Crippen LogP contribution in [0.15, 0.2) is 18.3 Å². The molecule has 10 heteroatoms. The van der Waals surface area contributed by atoms with E-state index in [-0.39, 0.29) is 18.7 Å². The first-order valence-corrected chi connectivity index (χ1v) is 9.33. The minimum Gasteiger partial charge on any atom is -0.476 e. The van der Waals surface area contributed by atoms with Gasteiger partial charge in [-0.15, -0.1) is 0 Å². The average molecular weight is 397 g/mol. The van der Waals surface area contributed by atoms with Crippen LogP contribution in [0.25, 0.3) is 0 Å². The second kappa shape index (κ2) is 8.13. The monoisotopic (exact) mass is 397 g/mol. The maximum absolute atomic E-state index is 13.1. The number of alkyl halides is 2. The van der Waals surface area contributed by atoms with Gasteiger partial charge in [-0.25, -0.2) is 13.8 Å². The lowest BCUT2D eigenvalue weighted by Crippen LogP contribution is -2.41. The summed E-state index contributed by atoms with van der Waals surface area (Å²) in [5.41, 5.74) is 7.22. The van der Waals surface area contributed by atoms with E-state index in [0.717, 1.165) is 11.5 Å². The molecule has 2 aromatic heterocycles. The van der Waals surface area contributed by atoms with Crippen molar-refractivity contribution in [1.82, 2.24) is 14.3 Å². The van der Waals surface area contributed by atoms with E-state index in [9.17, 15) is 13.6 Å². The van der Waals surface area contributed by atoms with Crippen molar-refractivity contribution in [2.45, 2.75) is 25.7 Å². The van der Waals surface area contributed by atoms with E-state index in [0.29, 0.717) is 54.1 Å². The number of nitrogen functional groups attached to an aromatic ring is 1. The minimum absolute atomic E-state index is 0.108. The molecule has 1 fully saturated rings. The number of carbonyl (C=O) groups excluding carboxylic acids is 1. The first-order chi connectivity index (χ1) is 12.8. The number of nitrogens with one attached hydrogen (secondary N) is 1. The molecule has 0 unspecified atom stereocenters. The number of hydrogen-bond acceptors (Lipinski definition) is 7. The van der Waals surface area contributed by atoms with E-state index in [1.165, 1.54) is 6.20 Å². The van der Waals surface area contributed by atoms with Gasteiger partial charge in [0.1, 0.15) is 11.6 Å². The molecular weight excluding hydrogens is 376 g/mol. The van der Waals surface area contributed by atoms with Gasteiger partial charge in [-0.05, 0) is 24.5 Å². The number of carbonyl (C=O) groups is 1. The molecule has 3 rings (SSSR count). The number of pyridine rings is 1. The molecular formula is C17H21F2N5O2S. The maximum Gasteiger partial charge on any atom is 0.260 e. The lowest BCUT2D eigenvalue weighted by molar-refractivity contribution is -0.0565. The lowest BCUT2D eigenvalue weighted by Gasteiger charge is -2.31. The number of halogens is 2. The summed E-state index contributed by atoms with van der Waals surface area (Å²) in [6, 6.07) is 3.31. The standard InChI is InChI=1S/C17H21F2N5O2S/c1-11-14(15(20)27-23-11)16(25)22-12-2-3-13(21-10-12)26-9-8-24-6-4-17(18,19)5-7-24/h2-3,10H,4-9,20H2,1H3,(H,22,25). The SMILES string of the molecule is Cc1nsc(N)c1C(=O)Nc1ccc(OCCN2CCC(F)(F)CC2)nc1. The Hall–Kier alpha value is -2.33. The van der Waals surface area contributed by atoms with Crippen LogP contribution < -0.4 is 15.8 Å². The first kappa shape index (κ1) is 19.4. The van der Waals surface area contributed by atoms with Crippen LogP contribution in [0.3, 0.4) is 0 Å². The topological polar surface area (TPSA) is 93.4 Å². The fraction of sp³-hybridized carbons (Fsp3) is 0.471. The van der Waals surface area contributed by atoms with E-state index >= 15 is 0 Å². The summed E-state index contributed by atoms with van der Waals surface area (Å²) in [6.07, 6.45) is 1.27. The van der Waals surface area contributed by atoms with Crippen molar-refractivity contribution in [3.8, 4) is 5.88 Å². The van der Waals surface area contributed by atoms with Gasteiger partial charge in [-0.1, -0.05) is 0 Å². The number of piperidine rings is 1. The van der Waals surface area contributed by atoms with Crippen molar-refractivity contribution < 1.29 is 18.3 Å². The zero-order valence-electron chi connectivity index (χ0n) is 14.9. The van der Waals surface area contributed by atoms with Gasteiger partial charge in [0.2, 0.25) is 5.88 Å². The number of anilines is 2. The quantitative estimate of drug-likeness (QED) is 0.779. The molecule has 0 bridgehead atoms. The predicted molar refractivity (Wildman–Crippen MR) is 99.6 cm³/mol. The van der Waals surface area contributed by atoms with Crippen molar-refractivity contribution in [3.63, 3.8) is 0 Å². The third kappa shape index (κ3) is 5.10. The molecule has 0 spiro atoms. The number of rotatable bonds is 6. The lowest BCUT2D eigenvalue weighted by atomic mass is 10.1. The predicted octanol–water partition coefficient (Wildman–Crippen LogP) is 2.79. The molecule has 1 aliphatic heterocycles. The molecule has 0 aromatic carbocycles. The first-order valence-electron chi connectivity index (χ1n) is 8.56.